The van der Waals surface area contributed by atoms with Crippen LogP contribution in [0.15, 0.2) is 0 Å². The van der Waals surface area contributed by atoms with Crippen LogP contribution in [0.1, 0.15) is 74.7 Å². The summed E-state index contributed by atoms with van der Waals surface area (Å²) in [6.45, 7) is 23.4. The van der Waals surface area contributed by atoms with Gasteiger partial charge < -0.3 is 9.64 Å². The summed E-state index contributed by atoms with van der Waals surface area (Å²) in [7, 11) is 0. The maximum Gasteiger partial charge on any atom is 0.0598 e. The minimum atomic E-state index is -0.000590. The zero-order valence-corrected chi connectivity index (χ0v) is 16.4. The minimum Gasteiger partial charge on any atom is -0.376 e. The fourth-order valence-electron chi connectivity index (χ4n) is 4.64. The SMILES string of the molecule is CC(C)(C)OCCCN1C[C@]2(C)CC(C(C)(C)C)C[C@]2(C)C1. The lowest BCUT2D eigenvalue weighted by molar-refractivity contribution is -0.00680. The molecule has 1 aliphatic heterocycles. The van der Waals surface area contributed by atoms with Gasteiger partial charge in [-0.05, 0) is 62.2 Å². The molecule has 2 rings (SSSR count). The molecule has 1 unspecified atom stereocenters. The van der Waals surface area contributed by atoms with E-state index in [4.69, 9.17) is 4.74 Å². The van der Waals surface area contributed by atoms with Crippen molar-refractivity contribution in [3.05, 3.63) is 0 Å². The molecule has 1 heterocycles. The highest BCUT2D eigenvalue weighted by atomic mass is 16.5. The highest BCUT2D eigenvalue weighted by molar-refractivity contribution is 5.09. The van der Waals surface area contributed by atoms with Gasteiger partial charge in [0.15, 0.2) is 0 Å². The quantitative estimate of drug-likeness (QED) is 0.679. The van der Waals surface area contributed by atoms with Gasteiger partial charge in [-0.15, -0.1) is 0 Å². The summed E-state index contributed by atoms with van der Waals surface area (Å²) < 4.78 is 5.87. The van der Waals surface area contributed by atoms with Gasteiger partial charge in [-0.1, -0.05) is 34.6 Å². The third kappa shape index (κ3) is 3.87. The number of nitrogens with zero attached hydrogens (tertiary/aromatic N) is 1. The molecule has 2 fully saturated rings. The van der Waals surface area contributed by atoms with Crippen LogP contribution in [-0.2, 0) is 4.74 Å². The molecule has 0 spiro atoms. The van der Waals surface area contributed by atoms with Crippen LogP contribution in [0.3, 0.4) is 0 Å². The van der Waals surface area contributed by atoms with Crippen LogP contribution in [0.25, 0.3) is 0 Å². The maximum atomic E-state index is 5.87. The van der Waals surface area contributed by atoms with E-state index in [9.17, 15) is 0 Å². The second-order valence-electron chi connectivity index (χ2n) is 10.6. The number of rotatable bonds is 4. The van der Waals surface area contributed by atoms with Gasteiger partial charge >= 0.3 is 0 Å². The highest BCUT2D eigenvalue weighted by Gasteiger charge is 2.58. The van der Waals surface area contributed by atoms with Crippen LogP contribution in [0.4, 0.5) is 0 Å². The van der Waals surface area contributed by atoms with Gasteiger partial charge in [0.05, 0.1) is 5.60 Å². The molecular weight excluding hydrogens is 270 g/mol. The Morgan fingerprint density at radius 2 is 1.45 bits per heavy atom. The molecule has 1 aliphatic carbocycles. The predicted octanol–water partition coefficient (Wildman–Crippen LogP) is 4.98. The Morgan fingerprint density at radius 1 is 0.955 bits per heavy atom. The van der Waals surface area contributed by atoms with Crippen molar-refractivity contribution in [1.82, 2.24) is 4.90 Å². The van der Waals surface area contributed by atoms with Gasteiger partial charge in [0.2, 0.25) is 0 Å². The lowest BCUT2D eigenvalue weighted by Gasteiger charge is -2.32. The molecule has 2 aliphatic rings. The van der Waals surface area contributed by atoms with Crippen LogP contribution < -0.4 is 0 Å². The van der Waals surface area contributed by atoms with Crippen molar-refractivity contribution in [1.29, 1.82) is 0 Å². The van der Waals surface area contributed by atoms with E-state index in [0.29, 0.717) is 16.2 Å². The second-order valence-corrected chi connectivity index (χ2v) is 10.6. The minimum absolute atomic E-state index is 0.000590. The van der Waals surface area contributed by atoms with E-state index >= 15 is 0 Å². The van der Waals surface area contributed by atoms with Crippen LogP contribution in [0, 0.1) is 22.2 Å². The Hall–Kier alpha value is -0.0800. The maximum absolute atomic E-state index is 5.87. The van der Waals surface area contributed by atoms with Crippen LogP contribution in [0.5, 0.6) is 0 Å². The normalized spacial score (nSPS) is 36.8. The molecule has 1 saturated heterocycles. The van der Waals surface area contributed by atoms with Gasteiger partial charge in [0.25, 0.3) is 0 Å². The molecule has 0 bridgehead atoms. The zero-order valence-electron chi connectivity index (χ0n) is 16.4. The zero-order chi connectivity index (χ0) is 16.8. The number of hydrogen-bond donors (Lipinski definition) is 0. The van der Waals surface area contributed by atoms with Crippen molar-refractivity contribution in [3.63, 3.8) is 0 Å². The predicted molar refractivity (Wildman–Crippen MR) is 95.2 cm³/mol. The summed E-state index contributed by atoms with van der Waals surface area (Å²) in [5.74, 6) is 0.883. The Labute approximate surface area is 139 Å². The van der Waals surface area contributed by atoms with Crippen LogP contribution >= 0.6 is 0 Å². The Balaban J connectivity index is 1.85. The molecule has 2 heteroatoms. The third-order valence-electron chi connectivity index (χ3n) is 6.37. The number of likely N-dealkylation sites (tertiary alicyclic amines) is 1. The summed E-state index contributed by atoms with van der Waals surface area (Å²) in [6, 6.07) is 0. The van der Waals surface area contributed by atoms with E-state index < -0.39 is 0 Å². The summed E-state index contributed by atoms with van der Waals surface area (Å²) in [6.07, 6.45) is 3.97. The van der Waals surface area contributed by atoms with Crippen molar-refractivity contribution in [2.24, 2.45) is 22.2 Å². The van der Waals surface area contributed by atoms with E-state index in [1.807, 2.05) is 0 Å². The monoisotopic (exact) mass is 309 g/mol. The first kappa shape index (κ1) is 18.3. The molecule has 0 aromatic carbocycles. The first-order valence-corrected chi connectivity index (χ1v) is 9.21. The molecule has 0 aromatic heterocycles. The molecule has 2 nitrogen and oxygen atoms in total. The molecule has 0 aromatic rings. The molecule has 1 saturated carbocycles. The van der Waals surface area contributed by atoms with Crippen LogP contribution in [0.2, 0.25) is 0 Å². The van der Waals surface area contributed by atoms with Crippen molar-refractivity contribution in [2.75, 3.05) is 26.2 Å². The van der Waals surface area contributed by atoms with E-state index in [1.54, 1.807) is 0 Å². The van der Waals surface area contributed by atoms with Crippen molar-refractivity contribution >= 4 is 0 Å². The molecule has 0 amide bonds. The number of fused-ring (bicyclic) bond motifs is 1. The van der Waals surface area contributed by atoms with Crippen LogP contribution in [-0.4, -0.2) is 36.7 Å². The van der Waals surface area contributed by atoms with Gasteiger partial charge in [-0.2, -0.15) is 0 Å². The first-order chi connectivity index (χ1) is 9.85. The average molecular weight is 310 g/mol. The third-order valence-corrected chi connectivity index (χ3v) is 6.37. The summed E-state index contributed by atoms with van der Waals surface area (Å²) >= 11 is 0. The number of ether oxygens (including phenoxy) is 1. The molecule has 3 atom stereocenters. The molecule has 130 valence electrons. The summed E-state index contributed by atoms with van der Waals surface area (Å²) in [5, 5.41) is 0. The van der Waals surface area contributed by atoms with Crippen molar-refractivity contribution in [2.45, 2.75) is 80.3 Å². The first-order valence-electron chi connectivity index (χ1n) is 9.21. The van der Waals surface area contributed by atoms with E-state index in [2.05, 4.69) is 60.3 Å². The molecule has 0 radical (unpaired) electrons. The average Bonchev–Trinajstić information content (AvgIpc) is 2.67. The fourth-order valence-corrected chi connectivity index (χ4v) is 4.64. The van der Waals surface area contributed by atoms with Gasteiger partial charge in [-0.3, -0.25) is 0 Å². The standard InChI is InChI=1S/C20H39NO/c1-17(2,3)16-12-19(7)14-21(15-20(19,8)13-16)10-9-11-22-18(4,5)6/h16H,9-15H2,1-8H3/t16?,19-,20+. The molecule has 22 heavy (non-hydrogen) atoms. The van der Waals surface area contributed by atoms with Gasteiger partial charge in [0.1, 0.15) is 0 Å². The van der Waals surface area contributed by atoms with E-state index in [-0.39, 0.29) is 5.60 Å². The molecule has 0 N–H and O–H groups in total. The van der Waals surface area contributed by atoms with Gasteiger partial charge in [0, 0.05) is 26.2 Å². The van der Waals surface area contributed by atoms with Crippen molar-refractivity contribution < 1.29 is 4.74 Å². The Kier molecular flexibility index (Phi) is 4.79. The highest BCUT2D eigenvalue weighted by Crippen LogP contribution is 2.62. The molecular formula is C20H39NO. The number of hydrogen-bond acceptors (Lipinski definition) is 2. The largest absolute Gasteiger partial charge is 0.376 e. The smallest absolute Gasteiger partial charge is 0.0598 e. The lowest BCUT2D eigenvalue weighted by Crippen LogP contribution is -2.30. The fraction of sp³-hybridized carbons (Fsp3) is 1.00. The van der Waals surface area contributed by atoms with E-state index in [1.165, 1.54) is 32.5 Å². The van der Waals surface area contributed by atoms with Crippen molar-refractivity contribution in [3.8, 4) is 0 Å². The summed E-state index contributed by atoms with van der Waals surface area (Å²) in [4.78, 5) is 2.70. The van der Waals surface area contributed by atoms with Gasteiger partial charge in [-0.25, -0.2) is 0 Å². The topological polar surface area (TPSA) is 12.5 Å². The Bertz CT molecular complexity index is 371. The van der Waals surface area contributed by atoms with E-state index in [0.717, 1.165) is 18.9 Å². The lowest BCUT2D eigenvalue weighted by atomic mass is 9.71. The second kappa shape index (κ2) is 5.77. The summed E-state index contributed by atoms with van der Waals surface area (Å²) in [5.41, 5.74) is 1.48. The Morgan fingerprint density at radius 3 is 1.86 bits per heavy atom.